The standard InChI is InChI=1S/C13H15NS3/c1-14(2)10-11-6-5-9-13(11)16-17-15-12-7-3-4-8-12/h3-9H,10H2,1-2H3. The number of rotatable bonds is 6. The van der Waals surface area contributed by atoms with Crippen LogP contribution in [0.15, 0.2) is 0 Å². The smallest absolute Gasteiger partial charge is 0.0547 e. The average Bonchev–Trinajstić information content (AvgIpc) is 2.90. The fraction of sp³-hybridized carbons (Fsp3) is 0.231. The molecule has 17 heavy (non-hydrogen) atoms. The summed E-state index contributed by atoms with van der Waals surface area (Å²) in [6, 6.07) is 0. The van der Waals surface area contributed by atoms with Crippen LogP contribution in [-0.2, 0) is 0 Å². The Morgan fingerprint density at radius 1 is 0.941 bits per heavy atom. The third-order valence-electron chi connectivity index (χ3n) is 2.23. The molecule has 2 saturated carbocycles. The lowest BCUT2D eigenvalue weighted by molar-refractivity contribution is 0.431. The number of hydrogen-bond acceptors (Lipinski definition) is 4. The van der Waals surface area contributed by atoms with Gasteiger partial charge in [-0.2, -0.15) is 0 Å². The van der Waals surface area contributed by atoms with Crippen LogP contribution in [0.4, 0.5) is 0 Å². The Balaban J connectivity index is 1.63. The molecule has 2 fully saturated rings. The first-order valence-corrected chi connectivity index (χ1v) is 8.86. The van der Waals surface area contributed by atoms with E-state index < -0.39 is 0 Å². The van der Waals surface area contributed by atoms with Crippen molar-refractivity contribution in [1.29, 1.82) is 0 Å². The van der Waals surface area contributed by atoms with Crippen molar-refractivity contribution in [1.82, 2.24) is 4.90 Å². The van der Waals surface area contributed by atoms with Gasteiger partial charge in [0.05, 0.1) is 10.5 Å². The van der Waals surface area contributed by atoms with Crippen molar-refractivity contribution in [3.8, 4) is 0 Å². The summed E-state index contributed by atoms with van der Waals surface area (Å²) in [5.74, 6) is 1.41. The predicted octanol–water partition coefficient (Wildman–Crippen LogP) is 3.67. The Kier molecular flexibility index (Phi) is 6.42. The van der Waals surface area contributed by atoms with E-state index in [0.29, 0.717) is 0 Å². The lowest BCUT2D eigenvalue weighted by Gasteiger charge is -2.20. The molecule has 0 N–H and O–H groups in total. The van der Waals surface area contributed by atoms with E-state index >= 15 is 0 Å². The lowest BCUT2D eigenvalue weighted by Crippen LogP contribution is -2.20. The van der Waals surface area contributed by atoms with Crippen LogP contribution in [-0.4, -0.2) is 25.5 Å². The minimum Gasteiger partial charge on any atom is -0.309 e. The maximum atomic E-state index is 2.20. The zero-order valence-corrected chi connectivity index (χ0v) is 12.4. The second kappa shape index (κ2) is 7.56. The van der Waals surface area contributed by atoms with E-state index in [4.69, 9.17) is 0 Å². The predicted molar refractivity (Wildman–Crippen MR) is 81.2 cm³/mol. The number of nitrogens with zero attached hydrogens (tertiary/aromatic N) is 1. The largest absolute Gasteiger partial charge is 0.309 e. The summed E-state index contributed by atoms with van der Waals surface area (Å²) in [6.07, 6.45) is 15.0. The molecule has 2 aliphatic rings. The SMILES string of the molecule is CN(C)C[C]1[CH][CH][CH][C]1SSS[C]1[CH][CH][CH][CH]1. The van der Waals surface area contributed by atoms with E-state index in [2.05, 4.69) is 63.9 Å². The molecule has 0 saturated heterocycles. The van der Waals surface area contributed by atoms with Gasteiger partial charge in [0.2, 0.25) is 0 Å². The van der Waals surface area contributed by atoms with Crippen LogP contribution in [0.25, 0.3) is 0 Å². The van der Waals surface area contributed by atoms with Crippen LogP contribution >= 0.6 is 31.4 Å². The highest BCUT2D eigenvalue weighted by atomic mass is 33.5. The van der Waals surface area contributed by atoms with Gasteiger partial charge in [0.15, 0.2) is 0 Å². The maximum Gasteiger partial charge on any atom is 0.0547 e. The molecule has 0 aliphatic heterocycles. The summed E-state index contributed by atoms with van der Waals surface area (Å²) in [6.45, 7) is 1.01. The molecule has 0 heterocycles. The van der Waals surface area contributed by atoms with Crippen LogP contribution in [0.3, 0.4) is 0 Å². The molecule has 0 atom stereocenters. The number of hydrogen-bond donors (Lipinski definition) is 0. The molecule has 0 aromatic carbocycles. The van der Waals surface area contributed by atoms with Gasteiger partial charge in [0.25, 0.3) is 0 Å². The minimum absolute atomic E-state index is 1.01. The molecule has 0 bridgehead atoms. The molecule has 2 aliphatic carbocycles. The normalized spacial score (nSPS) is 24.2. The second-order valence-electron chi connectivity index (χ2n) is 4.01. The Hall–Kier alpha value is 1.01. The molecule has 0 unspecified atom stereocenters. The second-order valence-corrected chi connectivity index (χ2v) is 8.02. The third kappa shape index (κ3) is 4.88. The summed E-state index contributed by atoms with van der Waals surface area (Å²) in [5, 5.41) is 2.70. The van der Waals surface area contributed by atoms with E-state index in [-0.39, 0.29) is 0 Å². The average molecular weight is 281 g/mol. The zero-order chi connectivity index (χ0) is 12.1. The molecule has 2 rings (SSSR count). The minimum atomic E-state index is 1.01. The molecule has 0 amide bonds. The van der Waals surface area contributed by atoms with Gasteiger partial charge in [0.1, 0.15) is 0 Å². The molecule has 0 spiro atoms. The van der Waals surface area contributed by atoms with Gasteiger partial charge >= 0.3 is 0 Å². The van der Waals surface area contributed by atoms with E-state index in [1.807, 2.05) is 31.4 Å². The van der Waals surface area contributed by atoms with Crippen LogP contribution in [0.5, 0.6) is 0 Å². The molecular weight excluding hydrogens is 266 g/mol. The van der Waals surface area contributed by atoms with Crippen molar-refractivity contribution >= 4 is 31.4 Å². The van der Waals surface area contributed by atoms with Crippen molar-refractivity contribution in [2.24, 2.45) is 0 Å². The van der Waals surface area contributed by atoms with Crippen LogP contribution in [0.1, 0.15) is 0 Å². The Labute approximate surface area is 118 Å². The first-order valence-electron chi connectivity index (χ1n) is 5.38. The molecular formula is C13H15NS3. The highest BCUT2D eigenvalue weighted by Crippen LogP contribution is 2.54. The van der Waals surface area contributed by atoms with Crippen LogP contribution in [0.2, 0.25) is 0 Å². The summed E-state index contributed by atoms with van der Waals surface area (Å²) in [5.41, 5.74) is 0. The van der Waals surface area contributed by atoms with E-state index in [9.17, 15) is 0 Å². The summed E-state index contributed by atoms with van der Waals surface area (Å²) in [4.78, 5) is 2.20. The first-order chi connectivity index (χ1) is 8.25. The first kappa shape index (κ1) is 14.4. The van der Waals surface area contributed by atoms with Crippen molar-refractivity contribution in [2.75, 3.05) is 20.6 Å². The fourth-order valence-corrected chi connectivity index (χ4v) is 5.38. The summed E-state index contributed by atoms with van der Waals surface area (Å²) in [7, 11) is 9.70. The molecule has 90 valence electrons. The lowest BCUT2D eigenvalue weighted by atomic mass is 10.1. The highest BCUT2D eigenvalue weighted by Gasteiger charge is 2.31. The van der Waals surface area contributed by atoms with Crippen molar-refractivity contribution in [3.63, 3.8) is 0 Å². The Bertz CT molecular complexity index is 217. The van der Waals surface area contributed by atoms with Crippen molar-refractivity contribution < 1.29 is 0 Å². The van der Waals surface area contributed by atoms with Gasteiger partial charge in [-0.25, -0.2) is 0 Å². The van der Waals surface area contributed by atoms with Gasteiger partial charge in [0, 0.05) is 12.5 Å². The zero-order valence-electron chi connectivity index (χ0n) is 9.92. The van der Waals surface area contributed by atoms with Crippen molar-refractivity contribution in [3.05, 3.63) is 61.4 Å². The van der Waals surface area contributed by atoms with Gasteiger partial charge in [-0.3, -0.25) is 0 Å². The van der Waals surface area contributed by atoms with Gasteiger partial charge < -0.3 is 4.90 Å². The van der Waals surface area contributed by atoms with Crippen molar-refractivity contribution in [2.45, 2.75) is 0 Å². The highest BCUT2D eigenvalue weighted by molar-refractivity contribution is 9.10. The van der Waals surface area contributed by atoms with Crippen LogP contribution in [0, 0.1) is 61.4 Å². The van der Waals surface area contributed by atoms with Crippen LogP contribution < -0.4 is 0 Å². The van der Waals surface area contributed by atoms with Gasteiger partial charge in [-0.1, -0.05) is 21.6 Å². The maximum absolute atomic E-state index is 2.20. The molecule has 4 heteroatoms. The van der Waals surface area contributed by atoms with Gasteiger partial charge in [-0.15, -0.1) is 0 Å². The van der Waals surface area contributed by atoms with E-state index in [0.717, 1.165) is 6.54 Å². The molecule has 0 aromatic rings. The Morgan fingerprint density at radius 3 is 2.41 bits per heavy atom. The molecule has 0 aromatic heterocycles. The topological polar surface area (TPSA) is 3.24 Å². The summed E-state index contributed by atoms with van der Waals surface area (Å²) >= 11 is 0. The molecule has 1 nitrogen and oxygen atoms in total. The monoisotopic (exact) mass is 281 g/mol. The quantitative estimate of drug-likeness (QED) is 0.683. The Morgan fingerprint density at radius 2 is 1.71 bits per heavy atom. The summed E-state index contributed by atoms with van der Waals surface area (Å²) < 4.78 is 0. The van der Waals surface area contributed by atoms with E-state index in [1.165, 1.54) is 16.4 Å². The third-order valence-corrected chi connectivity index (χ3v) is 6.16. The van der Waals surface area contributed by atoms with Gasteiger partial charge in [-0.05, 0) is 68.9 Å². The molecule has 10 radical (unpaired) electrons. The fourth-order valence-electron chi connectivity index (χ4n) is 1.50. The van der Waals surface area contributed by atoms with E-state index in [1.54, 1.807) is 0 Å².